The molecular weight excluding hydrogens is 296 g/mol. The van der Waals surface area contributed by atoms with E-state index in [2.05, 4.69) is 17.0 Å². The molecule has 1 aromatic rings. The molecule has 20 heavy (non-hydrogen) atoms. The minimum Gasteiger partial charge on any atom is -0.315 e. The Morgan fingerprint density at radius 2 is 2.15 bits per heavy atom. The van der Waals surface area contributed by atoms with Gasteiger partial charge in [0.25, 0.3) is 0 Å². The summed E-state index contributed by atoms with van der Waals surface area (Å²) in [5, 5.41) is 3.23. The van der Waals surface area contributed by atoms with E-state index in [1.807, 2.05) is 13.0 Å². The minimum absolute atomic E-state index is 0. The van der Waals surface area contributed by atoms with Crippen LogP contribution in [0.2, 0.25) is 0 Å². The summed E-state index contributed by atoms with van der Waals surface area (Å²) < 4.78 is 27.6. The zero-order chi connectivity index (χ0) is 13.9. The lowest BCUT2D eigenvalue weighted by Gasteiger charge is -2.30. The van der Waals surface area contributed by atoms with Crippen LogP contribution in [0.15, 0.2) is 29.2 Å². The van der Waals surface area contributed by atoms with E-state index in [1.165, 1.54) is 0 Å². The highest BCUT2D eigenvalue weighted by Gasteiger charge is 2.26. The Bertz CT molecular complexity index is 534. The molecule has 1 saturated heterocycles. The number of benzene rings is 1. The van der Waals surface area contributed by atoms with Crippen LogP contribution in [0.3, 0.4) is 0 Å². The number of hydrogen-bond acceptors (Lipinski definition) is 3. The molecule has 0 spiro atoms. The van der Waals surface area contributed by atoms with Crippen LogP contribution in [0.4, 0.5) is 0 Å². The fourth-order valence-electron chi connectivity index (χ4n) is 2.35. The van der Waals surface area contributed by atoms with Crippen molar-refractivity contribution in [1.29, 1.82) is 0 Å². The lowest BCUT2D eigenvalue weighted by atomic mass is 9.96. The molecule has 0 saturated carbocycles. The quantitative estimate of drug-likeness (QED) is 0.892. The largest absolute Gasteiger partial charge is 0.315 e. The van der Waals surface area contributed by atoms with Crippen LogP contribution in [-0.4, -0.2) is 27.5 Å². The molecule has 1 aliphatic heterocycles. The second kappa shape index (κ2) is 7.41. The third-order valence-electron chi connectivity index (χ3n) is 3.75. The highest BCUT2D eigenvalue weighted by Crippen LogP contribution is 2.16. The summed E-state index contributed by atoms with van der Waals surface area (Å²) in [5.41, 5.74) is 1.04. The van der Waals surface area contributed by atoms with E-state index in [9.17, 15) is 8.42 Å². The van der Waals surface area contributed by atoms with E-state index in [4.69, 9.17) is 0 Å². The Kier molecular flexibility index (Phi) is 6.45. The number of rotatable bonds is 4. The van der Waals surface area contributed by atoms with Crippen molar-refractivity contribution in [2.24, 2.45) is 5.92 Å². The van der Waals surface area contributed by atoms with Gasteiger partial charge in [-0.25, -0.2) is 13.1 Å². The van der Waals surface area contributed by atoms with Gasteiger partial charge in [-0.15, -0.1) is 12.4 Å². The number of hydrogen-bond donors (Lipinski definition) is 2. The van der Waals surface area contributed by atoms with Crippen LogP contribution < -0.4 is 10.0 Å². The van der Waals surface area contributed by atoms with Gasteiger partial charge in [0.1, 0.15) is 0 Å². The maximum absolute atomic E-state index is 12.4. The van der Waals surface area contributed by atoms with Gasteiger partial charge in [-0.05, 0) is 43.0 Å². The molecule has 0 radical (unpaired) electrons. The van der Waals surface area contributed by atoms with E-state index >= 15 is 0 Å². The fourth-order valence-corrected chi connectivity index (χ4v) is 3.76. The third-order valence-corrected chi connectivity index (χ3v) is 5.24. The molecule has 2 N–H and O–H groups in total. The Morgan fingerprint density at radius 1 is 1.40 bits per heavy atom. The zero-order valence-electron chi connectivity index (χ0n) is 11.9. The van der Waals surface area contributed by atoms with Crippen LogP contribution in [-0.2, 0) is 16.4 Å². The molecule has 0 aromatic heterocycles. The Balaban J connectivity index is 0.00000200. The van der Waals surface area contributed by atoms with Crippen molar-refractivity contribution in [3.05, 3.63) is 29.8 Å². The van der Waals surface area contributed by atoms with Gasteiger partial charge in [0, 0.05) is 12.6 Å². The lowest BCUT2D eigenvalue weighted by Crippen LogP contribution is -2.50. The number of nitrogens with one attached hydrogen (secondary N) is 2. The standard InChI is InChI=1S/C14H22N2O2S.ClH/c1-3-12-5-4-6-13(9-12)19(17,18)16-14-10-15-8-7-11(14)2;/h4-6,9,11,14-16H,3,7-8,10H2,1-2H3;1H. The summed E-state index contributed by atoms with van der Waals surface area (Å²) in [7, 11) is -3.42. The average Bonchev–Trinajstić information content (AvgIpc) is 2.41. The molecule has 6 heteroatoms. The van der Waals surface area contributed by atoms with Crippen molar-refractivity contribution in [2.45, 2.75) is 37.6 Å². The zero-order valence-corrected chi connectivity index (χ0v) is 13.6. The summed E-state index contributed by atoms with van der Waals surface area (Å²) in [4.78, 5) is 0.365. The maximum Gasteiger partial charge on any atom is 0.240 e. The fraction of sp³-hybridized carbons (Fsp3) is 0.571. The van der Waals surface area contributed by atoms with Crippen molar-refractivity contribution in [3.8, 4) is 0 Å². The number of aryl methyl sites for hydroxylation is 1. The highest BCUT2D eigenvalue weighted by molar-refractivity contribution is 7.89. The van der Waals surface area contributed by atoms with Crippen LogP contribution in [0.25, 0.3) is 0 Å². The van der Waals surface area contributed by atoms with Crippen molar-refractivity contribution in [2.75, 3.05) is 13.1 Å². The Labute approximate surface area is 127 Å². The molecule has 1 aromatic carbocycles. The second-order valence-corrected chi connectivity index (χ2v) is 6.91. The molecule has 1 fully saturated rings. The number of sulfonamides is 1. The van der Waals surface area contributed by atoms with Crippen LogP contribution >= 0.6 is 12.4 Å². The summed E-state index contributed by atoms with van der Waals surface area (Å²) >= 11 is 0. The monoisotopic (exact) mass is 318 g/mol. The minimum atomic E-state index is -3.42. The van der Waals surface area contributed by atoms with E-state index in [0.29, 0.717) is 17.4 Å². The molecule has 1 heterocycles. The predicted molar refractivity (Wildman–Crippen MR) is 83.8 cm³/mol. The lowest BCUT2D eigenvalue weighted by molar-refractivity contribution is 0.327. The SMILES string of the molecule is CCc1cccc(S(=O)(=O)NC2CNCCC2C)c1.Cl. The van der Waals surface area contributed by atoms with Crippen LogP contribution in [0.5, 0.6) is 0 Å². The third kappa shape index (κ3) is 4.19. The average molecular weight is 319 g/mol. The van der Waals surface area contributed by atoms with Gasteiger partial charge in [-0.2, -0.15) is 0 Å². The molecule has 0 bridgehead atoms. The second-order valence-electron chi connectivity index (χ2n) is 5.20. The first-order chi connectivity index (χ1) is 9.03. The first-order valence-electron chi connectivity index (χ1n) is 6.85. The molecular formula is C14H23ClN2O2S. The van der Waals surface area contributed by atoms with E-state index < -0.39 is 10.0 Å². The van der Waals surface area contributed by atoms with Crippen molar-refractivity contribution < 1.29 is 8.42 Å². The maximum atomic E-state index is 12.4. The first kappa shape index (κ1) is 17.4. The molecule has 114 valence electrons. The molecule has 2 rings (SSSR count). The van der Waals surface area contributed by atoms with Gasteiger partial charge in [0.15, 0.2) is 0 Å². The van der Waals surface area contributed by atoms with Gasteiger partial charge in [0.05, 0.1) is 4.90 Å². The van der Waals surface area contributed by atoms with Crippen molar-refractivity contribution in [1.82, 2.24) is 10.0 Å². The Morgan fingerprint density at radius 3 is 2.80 bits per heavy atom. The number of piperidine rings is 1. The van der Waals surface area contributed by atoms with Crippen LogP contribution in [0, 0.1) is 5.92 Å². The van der Waals surface area contributed by atoms with Crippen molar-refractivity contribution in [3.63, 3.8) is 0 Å². The molecule has 1 aliphatic rings. The normalized spacial score (nSPS) is 23.1. The van der Waals surface area contributed by atoms with Gasteiger partial charge < -0.3 is 5.32 Å². The van der Waals surface area contributed by atoms with E-state index in [0.717, 1.165) is 24.9 Å². The van der Waals surface area contributed by atoms with E-state index in [-0.39, 0.29) is 18.4 Å². The smallest absolute Gasteiger partial charge is 0.240 e. The van der Waals surface area contributed by atoms with Gasteiger partial charge in [-0.1, -0.05) is 26.0 Å². The topological polar surface area (TPSA) is 58.2 Å². The first-order valence-corrected chi connectivity index (χ1v) is 8.33. The predicted octanol–water partition coefficient (Wildman–Crippen LogP) is 1.95. The van der Waals surface area contributed by atoms with Gasteiger partial charge in [-0.3, -0.25) is 0 Å². The molecule has 2 unspecified atom stereocenters. The van der Waals surface area contributed by atoms with Gasteiger partial charge >= 0.3 is 0 Å². The highest BCUT2D eigenvalue weighted by atomic mass is 35.5. The summed E-state index contributed by atoms with van der Waals surface area (Å²) in [5.74, 6) is 0.366. The van der Waals surface area contributed by atoms with Gasteiger partial charge in [0.2, 0.25) is 10.0 Å². The van der Waals surface area contributed by atoms with Crippen LogP contribution in [0.1, 0.15) is 25.8 Å². The van der Waals surface area contributed by atoms with E-state index in [1.54, 1.807) is 18.2 Å². The molecule has 0 aliphatic carbocycles. The van der Waals surface area contributed by atoms with Crippen molar-refractivity contribution >= 4 is 22.4 Å². The summed E-state index contributed by atoms with van der Waals surface area (Å²) in [6.07, 6.45) is 1.84. The molecule has 2 atom stereocenters. The molecule has 0 amide bonds. The summed E-state index contributed by atoms with van der Waals surface area (Å²) in [6.45, 7) is 5.78. The summed E-state index contributed by atoms with van der Waals surface area (Å²) in [6, 6.07) is 7.13. The number of halogens is 1. The molecule has 4 nitrogen and oxygen atoms in total. The Hall–Kier alpha value is -0.620.